The van der Waals surface area contributed by atoms with Crippen LogP contribution in [0, 0.1) is 11.7 Å². The average molecular weight is 262 g/mol. The van der Waals surface area contributed by atoms with Crippen molar-refractivity contribution in [2.24, 2.45) is 0 Å². The lowest BCUT2D eigenvalue weighted by Crippen LogP contribution is -2.10. The molecule has 0 aliphatic rings. The van der Waals surface area contributed by atoms with E-state index >= 15 is 0 Å². The van der Waals surface area contributed by atoms with Gasteiger partial charge in [-0.05, 0) is 19.1 Å². The molecular weight excluding hydrogens is 245 g/mol. The monoisotopic (exact) mass is 262 g/mol. The van der Waals surface area contributed by atoms with Crippen molar-refractivity contribution >= 4 is 17.4 Å². The average Bonchev–Trinajstić information content (AvgIpc) is 2.17. The molecule has 1 aromatic rings. The summed E-state index contributed by atoms with van der Waals surface area (Å²) in [6.07, 6.45) is 0. The summed E-state index contributed by atoms with van der Waals surface area (Å²) >= 11 is 0. The Labute approximate surface area is 97.1 Å². The number of aryl methyl sites for hydroxylation is 1. The predicted octanol–water partition coefficient (Wildman–Crippen LogP) is 2.47. The molecular formula is C10H17NO3PS+. The highest BCUT2D eigenvalue weighted by Crippen LogP contribution is 2.52. The Kier molecular flexibility index (Phi) is 4.07. The normalized spacial score (nSPS) is 18.8. The number of benzene rings is 1. The van der Waals surface area contributed by atoms with Gasteiger partial charge < -0.3 is 0 Å². The summed E-state index contributed by atoms with van der Waals surface area (Å²) in [4.78, 5) is 10.2. The van der Waals surface area contributed by atoms with Crippen molar-refractivity contribution in [2.75, 3.05) is 19.3 Å². The van der Waals surface area contributed by atoms with E-state index in [-0.39, 0.29) is 5.49 Å². The van der Waals surface area contributed by atoms with Crippen LogP contribution in [0.5, 0.6) is 0 Å². The van der Waals surface area contributed by atoms with Gasteiger partial charge in [0.15, 0.2) is 5.49 Å². The van der Waals surface area contributed by atoms with Crippen LogP contribution < -0.4 is 0 Å². The van der Waals surface area contributed by atoms with Gasteiger partial charge in [0.25, 0.3) is 7.72 Å². The van der Waals surface area contributed by atoms with Gasteiger partial charge in [-0.3, -0.25) is 0 Å². The first-order chi connectivity index (χ1) is 7.27. The fourth-order valence-electron chi connectivity index (χ4n) is 1.22. The summed E-state index contributed by atoms with van der Waals surface area (Å²) in [7, 11) is -4.28. The third kappa shape index (κ3) is 3.52. The van der Waals surface area contributed by atoms with E-state index in [4.69, 9.17) is 9.30 Å². The lowest BCUT2D eigenvalue weighted by molar-refractivity contribution is 0.375. The zero-order valence-corrected chi connectivity index (χ0v) is 11.3. The van der Waals surface area contributed by atoms with Crippen molar-refractivity contribution in [3.8, 4) is 0 Å². The maximum Gasteiger partial charge on any atom is 0.281 e. The number of hydrogen-bond donors (Lipinski definition) is 2. The standard InChI is InChI=1S/C10H17NO3PS/c1-9-4-6-10(7-5-9)16(11,13)8-15(3,12)14-2/h4-7,11-12H,8H2,1-3H3/q+1. The Bertz CT molecular complexity index is 453. The molecule has 1 rings (SSSR count). The van der Waals surface area contributed by atoms with Crippen molar-refractivity contribution < 1.29 is 13.6 Å². The first kappa shape index (κ1) is 13.6. The van der Waals surface area contributed by atoms with Gasteiger partial charge in [0, 0.05) is 0 Å². The molecule has 0 radical (unpaired) electrons. The molecule has 1 aromatic carbocycles. The maximum absolute atomic E-state index is 12.1. The van der Waals surface area contributed by atoms with Gasteiger partial charge in [-0.1, -0.05) is 17.7 Å². The first-order valence-corrected chi connectivity index (χ1v) is 8.76. The van der Waals surface area contributed by atoms with Crippen molar-refractivity contribution in [1.82, 2.24) is 0 Å². The van der Waals surface area contributed by atoms with Crippen LogP contribution in [-0.2, 0) is 14.3 Å². The molecule has 2 N–H and O–H groups in total. The number of hydrogen-bond acceptors (Lipinski definition) is 4. The van der Waals surface area contributed by atoms with Crippen LogP contribution in [0.25, 0.3) is 0 Å². The van der Waals surface area contributed by atoms with E-state index in [0.717, 1.165) is 5.56 Å². The van der Waals surface area contributed by atoms with Crippen molar-refractivity contribution in [3.63, 3.8) is 0 Å². The summed E-state index contributed by atoms with van der Waals surface area (Å²) in [5.74, 6) is 0. The molecule has 0 aliphatic carbocycles. The molecule has 4 nitrogen and oxygen atoms in total. The van der Waals surface area contributed by atoms with Crippen LogP contribution in [0.3, 0.4) is 0 Å². The van der Waals surface area contributed by atoms with E-state index in [1.165, 1.54) is 13.8 Å². The number of nitrogens with one attached hydrogen (secondary N) is 1. The van der Waals surface area contributed by atoms with Crippen LogP contribution in [0.2, 0.25) is 0 Å². The second-order valence-corrected chi connectivity index (χ2v) is 9.17. The minimum atomic E-state index is -2.97. The molecule has 0 bridgehead atoms. The molecule has 2 unspecified atom stereocenters. The smallest absolute Gasteiger partial charge is 0.246 e. The van der Waals surface area contributed by atoms with Crippen molar-refractivity contribution in [1.29, 1.82) is 4.78 Å². The predicted molar refractivity (Wildman–Crippen MR) is 67.2 cm³/mol. The molecule has 0 heterocycles. The van der Waals surface area contributed by atoms with E-state index in [1.54, 1.807) is 12.1 Å². The third-order valence-electron chi connectivity index (χ3n) is 2.22. The van der Waals surface area contributed by atoms with Crippen LogP contribution in [0.4, 0.5) is 0 Å². The first-order valence-electron chi connectivity index (χ1n) is 4.74. The largest absolute Gasteiger partial charge is 0.281 e. The summed E-state index contributed by atoms with van der Waals surface area (Å²) in [5, 5.41) is 0. The van der Waals surface area contributed by atoms with Gasteiger partial charge in [-0.25, -0.2) is 18.4 Å². The zero-order chi connectivity index (χ0) is 12.4. The minimum absolute atomic E-state index is 0.125. The van der Waals surface area contributed by atoms with Gasteiger partial charge >= 0.3 is 0 Å². The molecule has 16 heavy (non-hydrogen) atoms. The van der Waals surface area contributed by atoms with Crippen LogP contribution >= 0.6 is 7.72 Å². The van der Waals surface area contributed by atoms with Gasteiger partial charge in [-0.15, -0.1) is 0 Å². The highest BCUT2D eigenvalue weighted by atomic mass is 32.2. The van der Waals surface area contributed by atoms with Crippen LogP contribution in [0.1, 0.15) is 5.56 Å². The Balaban J connectivity index is 2.99. The van der Waals surface area contributed by atoms with E-state index in [0.29, 0.717) is 4.90 Å². The van der Waals surface area contributed by atoms with Crippen molar-refractivity contribution in [2.45, 2.75) is 11.8 Å². The fourth-order valence-corrected chi connectivity index (χ4v) is 5.51. The maximum atomic E-state index is 12.1. The molecule has 0 saturated carbocycles. The quantitative estimate of drug-likeness (QED) is 0.819. The minimum Gasteiger partial charge on any atom is -0.246 e. The second-order valence-electron chi connectivity index (χ2n) is 3.85. The van der Waals surface area contributed by atoms with Gasteiger partial charge in [0.05, 0.1) is 12.0 Å². The Morgan fingerprint density at radius 1 is 1.44 bits per heavy atom. The van der Waals surface area contributed by atoms with E-state index < -0.39 is 17.4 Å². The number of rotatable bonds is 4. The molecule has 6 heteroatoms. The third-order valence-corrected chi connectivity index (χ3v) is 7.41. The molecule has 0 aliphatic heterocycles. The molecule has 2 atom stereocenters. The zero-order valence-electron chi connectivity index (χ0n) is 9.64. The van der Waals surface area contributed by atoms with Crippen molar-refractivity contribution in [3.05, 3.63) is 29.8 Å². The molecule has 0 aromatic heterocycles. The van der Waals surface area contributed by atoms with Crippen LogP contribution in [-0.4, -0.2) is 28.4 Å². The fraction of sp³-hybridized carbons (Fsp3) is 0.400. The van der Waals surface area contributed by atoms with Crippen LogP contribution in [0.15, 0.2) is 29.2 Å². The van der Waals surface area contributed by atoms with Gasteiger partial charge in [-0.2, -0.15) is 0 Å². The van der Waals surface area contributed by atoms with Gasteiger partial charge in [0.1, 0.15) is 16.4 Å². The Hall–Kier alpha value is -0.480. The SMILES string of the molecule is CO[P+](C)(O)CS(=N)(=O)c1ccc(C)cc1. The Morgan fingerprint density at radius 3 is 2.38 bits per heavy atom. The Morgan fingerprint density at radius 2 is 1.94 bits per heavy atom. The second kappa shape index (κ2) is 4.80. The summed E-state index contributed by atoms with van der Waals surface area (Å²) in [5.41, 5.74) is 0.923. The topological polar surface area (TPSA) is 70.4 Å². The van der Waals surface area contributed by atoms with E-state index in [1.807, 2.05) is 19.1 Å². The summed E-state index contributed by atoms with van der Waals surface area (Å²) in [6, 6.07) is 6.95. The van der Waals surface area contributed by atoms with E-state index in [9.17, 15) is 9.10 Å². The van der Waals surface area contributed by atoms with Gasteiger partial charge in [0.2, 0.25) is 0 Å². The molecule has 0 spiro atoms. The highest BCUT2D eigenvalue weighted by Gasteiger charge is 2.35. The lowest BCUT2D eigenvalue weighted by Gasteiger charge is -2.13. The molecule has 0 amide bonds. The highest BCUT2D eigenvalue weighted by molar-refractivity contribution is 8.00. The summed E-state index contributed by atoms with van der Waals surface area (Å²) in [6.45, 7) is 3.43. The molecule has 90 valence electrons. The summed E-state index contributed by atoms with van der Waals surface area (Å²) < 4.78 is 24.8. The van der Waals surface area contributed by atoms with E-state index in [2.05, 4.69) is 0 Å². The molecule has 0 saturated heterocycles. The molecule has 0 fully saturated rings. The lowest BCUT2D eigenvalue weighted by atomic mass is 10.2.